The highest BCUT2D eigenvalue weighted by molar-refractivity contribution is 7.88. The molecule has 0 aliphatic carbocycles. The lowest BCUT2D eigenvalue weighted by atomic mass is 9.83. The molecule has 1 aliphatic rings. The van der Waals surface area contributed by atoms with Crippen LogP contribution < -0.4 is 10.5 Å². The monoisotopic (exact) mass is 415 g/mol. The van der Waals surface area contributed by atoms with E-state index in [9.17, 15) is 18.3 Å². The van der Waals surface area contributed by atoms with Crippen LogP contribution >= 0.6 is 0 Å². The van der Waals surface area contributed by atoms with Gasteiger partial charge in [-0.1, -0.05) is 31.2 Å². The molecule has 8 heteroatoms. The Kier molecular flexibility index (Phi) is 5.51. The zero-order valence-electron chi connectivity index (χ0n) is 16.6. The number of hydrogen-bond acceptors (Lipinski definition) is 6. The lowest BCUT2D eigenvalue weighted by molar-refractivity contribution is -0.124. The lowest BCUT2D eigenvalue weighted by Gasteiger charge is -2.22. The second-order valence-corrected chi connectivity index (χ2v) is 9.28. The normalized spacial score (nSPS) is 22.0. The Bertz CT molecular complexity index is 1090. The third-order valence-electron chi connectivity index (χ3n) is 5.27. The van der Waals surface area contributed by atoms with Gasteiger partial charge in [0, 0.05) is 6.54 Å². The van der Waals surface area contributed by atoms with E-state index in [1.807, 2.05) is 31.2 Å². The van der Waals surface area contributed by atoms with Crippen molar-refractivity contribution >= 4 is 21.6 Å². The maximum Gasteiger partial charge on any atom is 0.209 e. The van der Waals surface area contributed by atoms with E-state index in [0.717, 1.165) is 11.8 Å². The molecule has 1 heterocycles. The standard InChI is InChI=1S/C21H25N3O4S/c1-4-17-19(26)21(2,24-20(17)22)15-7-5-6-13(10-15)18-11-16(25)9-8-14(18)12-23-29(3,27)28/h5-11,17,23,25H,4,12H2,1-3H3,(H2,22,24). The molecule has 1 aliphatic heterocycles. The van der Waals surface area contributed by atoms with Gasteiger partial charge in [0.1, 0.15) is 17.1 Å². The molecule has 0 radical (unpaired) electrons. The van der Waals surface area contributed by atoms with Crippen molar-refractivity contribution in [1.82, 2.24) is 4.72 Å². The topological polar surface area (TPSA) is 122 Å². The number of aliphatic imine (C=N–C) groups is 1. The fourth-order valence-electron chi connectivity index (χ4n) is 3.65. The quantitative estimate of drug-likeness (QED) is 0.668. The summed E-state index contributed by atoms with van der Waals surface area (Å²) >= 11 is 0. The molecule has 154 valence electrons. The molecule has 2 aromatic rings. The first-order valence-electron chi connectivity index (χ1n) is 9.32. The van der Waals surface area contributed by atoms with Crippen LogP contribution in [0.3, 0.4) is 0 Å². The summed E-state index contributed by atoms with van der Waals surface area (Å²) in [5.74, 6) is -0.0192. The smallest absolute Gasteiger partial charge is 0.209 e. The number of ketones is 1. The summed E-state index contributed by atoms with van der Waals surface area (Å²) in [4.78, 5) is 17.4. The highest BCUT2D eigenvalue weighted by Gasteiger charge is 2.45. The van der Waals surface area contributed by atoms with Crippen LogP contribution in [0.5, 0.6) is 5.75 Å². The molecule has 29 heavy (non-hydrogen) atoms. The van der Waals surface area contributed by atoms with Crippen molar-refractivity contribution in [2.24, 2.45) is 16.6 Å². The highest BCUT2D eigenvalue weighted by atomic mass is 32.2. The number of amidine groups is 1. The molecule has 0 saturated carbocycles. The van der Waals surface area contributed by atoms with Crippen molar-refractivity contribution < 1.29 is 18.3 Å². The third kappa shape index (κ3) is 4.18. The molecule has 0 aromatic heterocycles. The predicted octanol–water partition coefficient (Wildman–Crippen LogP) is 2.29. The van der Waals surface area contributed by atoms with Crippen LogP contribution in [0.1, 0.15) is 31.4 Å². The van der Waals surface area contributed by atoms with Crippen molar-refractivity contribution in [2.75, 3.05) is 6.26 Å². The van der Waals surface area contributed by atoms with Gasteiger partial charge in [0.2, 0.25) is 10.0 Å². The lowest BCUT2D eigenvalue weighted by Crippen LogP contribution is -2.32. The van der Waals surface area contributed by atoms with Crippen LogP contribution in [0.25, 0.3) is 11.1 Å². The average molecular weight is 416 g/mol. The van der Waals surface area contributed by atoms with Crippen molar-refractivity contribution in [3.05, 3.63) is 53.6 Å². The molecule has 2 unspecified atom stereocenters. The van der Waals surface area contributed by atoms with Crippen LogP contribution in [-0.4, -0.2) is 31.4 Å². The summed E-state index contributed by atoms with van der Waals surface area (Å²) in [5.41, 5.74) is 7.74. The molecule has 7 nitrogen and oxygen atoms in total. The van der Waals surface area contributed by atoms with Gasteiger partial charge < -0.3 is 10.8 Å². The number of phenolic OH excluding ortho intramolecular Hbond substituents is 1. The van der Waals surface area contributed by atoms with E-state index >= 15 is 0 Å². The molecule has 2 aromatic carbocycles. The van der Waals surface area contributed by atoms with E-state index in [1.54, 1.807) is 19.1 Å². The number of sulfonamides is 1. The fourth-order valence-corrected chi connectivity index (χ4v) is 4.07. The SMILES string of the molecule is CCC1C(=O)C(C)(c2cccc(-c3cc(O)ccc3CNS(C)(=O)=O)c2)N=C1N. The largest absolute Gasteiger partial charge is 0.508 e. The fraction of sp³-hybridized carbons (Fsp3) is 0.333. The molecular formula is C21H25N3O4S. The number of rotatable bonds is 6. The Morgan fingerprint density at radius 2 is 1.97 bits per heavy atom. The number of benzene rings is 2. The van der Waals surface area contributed by atoms with Gasteiger partial charge in [-0.3, -0.25) is 9.79 Å². The molecule has 3 rings (SSSR count). The van der Waals surface area contributed by atoms with Gasteiger partial charge in [0.15, 0.2) is 5.78 Å². The number of hydrogen-bond donors (Lipinski definition) is 3. The maximum absolute atomic E-state index is 12.9. The zero-order chi connectivity index (χ0) is 21.4. The number of carbonyl (C=O) groups is 1. The Morgan fingerprint density at radius 1 is 1.24 bits per heavy atom. The average Bonchev–Trinajstić information content (AvgIpc) is 2.89. The first kappa shape index (κ1) is 21.0. The Morgan fingerprint density at radius 3 is 2.59 bits per heavy atom. The number of nitrogens with one attached hydrogen (secondary N) is 1. The van der Waals surface area contributed by atoms with Gasteiger partial charge in [-0.05, 0) is 53.8 Å². The minimum absolute atomic E-state index is 0.0375. The minimum atomic E-state index is -3.37. The molecule has 2 atom stereocenters. The summed E-state index contributed by atoms with van der Waals surface area (Å²) in [6, 6.07) is 12.1. The number of aromatic hydroxyl groups is 1. The number of carbonyl (C=O) groups excluding carboxylic acids is 1. The minimum Gasteiger partial charge on any atom is -0.508 e. The number of nitrogens with zero attached hydrogens (tertiary/aromatic N) is 1. The molecule has 0 amide bonds. The van der Waals surface area contributed by atoms with Crippen molar-refractivity contribution in [3.63, 3.8) is 0 Å². The van der Waals surface area contributed by atoms with Gasteiger partial charge >= 0.3 is 0 Å². The van der Waals surface area contributed by atoms with Crippen LogP contribution in [0, 0.1) is 5.92 Å². The summed E-state index contributed by atoms with van der Waals surface area (Å²) in [6.45, 7) is 3.74. The molecule has 0 fully saturated rings. The first-order chi connectivity index (χ1) is 13.5. The Labute approximate surface area is 170 Å². The van der Waals surface area contributed by atoms with Crippen LogP contribution in [0.2, 0.25) is 0 Å². The van der Waals surface area contributed by atoms with Gasteiger partial charge in [-0.2, -0.15) is 0 Å². The molecule has 0 spiro atoms. The third-order valence-corrected chi connectivity index (χ3v) is 5.94. The van der Waals surface area contributed by atoms with E-state index in [4.69, 9.17) is 5.73 Å². The van der Waals surface area contributed by atoms with Crippen molar-refractivity contribution in [2.45, 2.75) is 32.4 Å². The van der Waals surface area contributed by atoms with Gasteiger partial charge in [0.25, 0.3) is 0 Å². The Hall–Kier alpha value is -2.71. The summed E-state index contributed by atoms with van der Waals surface area (Å²) in [5, 5.41) is 9.97. The van der Waals surface area contributed by atoms with E-state index in [1.165, 1.54) is 6.07 Å². The molecule has 4 N–H and O–H groups in total. The van der Waals surface area contributed by atoms with E-state index in [0.29, 0.717) is 28.9 Å². The van der Waals surface area contributed by atoms with Crippen LogP contribution in [0.4, 0.5) is 0 Å². The zero-order valence-corrected chi connectivity index (χ0v) is 17.5. The van der Waals surface area contributed by atoms with E-state index < -0.39 is 15.6 Å². The summed E-state index contributed by atoms with van der Waals surface area (Å²) in [7, 11) is -3.37. The first-order valence-corrected chi connectivity index (χ1v) is 11.2. The number of nitrogens with two attached hydrogens (primary N) is 1. The predicted molar refractivity (Wildman–Crippen MR) is 113 cm³/mol. The molecular weight excluding hydrogens is 390 g/mol. The summed E-state index contributed by atoms with van der Waals surface area (Å²) in [6.07, 6.45) is 1.68. The Balaban J connectivity index is 2.05. The van der Waals surface area contributed by atoms with Gasteiger partial charge in [-0.15, -0.1) is 0 Å². The van der Waals surface area contributed by atoms with E-state index in [-0.39, 0.29) is 24.0 Å². The maximum atomic E-state index is 12.9. The van der Waals surface area contributed by atoms with Crippen molar-refractivity contribution in [3.8, 4) is 16.9 Å². The summed E-state index contributed by atoms with van der Waals surface area (Å²) < 4.78 is 25.5. The van der Waals surface area contributed by atoms with Gasteiger partial charge in [-0.25, -0.2) is 13.1 Å². The van der Waals surface area contributed by atoms with Crippen LogP contribution in [-0.2, 0) is 26.9 Å². The second-order valence-electron chi connectivity index (χ2n) is 7.45. The van der Waals surface area contributed by atoms with E-state index in [2.05, 4.69) is 9.71 Å². The number of phenols is 1. The molecule has 0 saturated heterocycles. The second kappa shape index (κ2) is 7.61. The molecule has 0 bridgehead atoms. The number of Topliss-reactive ketones (excluding diaryl/α,β-unsaturated/α-hetero) is 1. The van der Waals surface area contributed by atoms with Crippen LogP contribution in [0.15, 0.2) is 47.5 Å². The van der Waals surface area contributed by atoms with Gasteiger partial charge in [0.05, 0.1) is 12.2 Å². The van der Waals surface area contributed by atoms with Crippen molar-refractivity contribution in [1.29, 1.82) is 0 Å². The highest BCUT2D eigenvalue weighted by Crippen LogP contribution is 2.38.